The lowest BCUT2D eigenvalue weighted by Gasteiger charge is -2.29. The van der Waals surface area contributed by atoms with E-state index in [1.54, 1.807) is 0 Å². The van der Waals surface area contributed by atoms with Crippen LogP contribution in [0, 0.1) is 5.92 Å². The fourth-order valence-electron chi connectivity index (χ4n) is 2.90. The molecule has 1 fully saturated rings. The third-order valence-corrected chi connectivity index (χ3v) is 4.92. The Kier molecular flexibility index (Phi) is 6.88. The highest BCUT2D eigenvalue weighted by Crippen LogP contribution is 2.33. The van der Waals surface area contributed by atoms with Crippen molar-refractivity contribution >= 4 is 15.9 Å². The van der Waals surface area contributed by atoms with E-state index in [0.717, 1.165) is 35.8 Å². The van der Waals surface area contributed by atoms with Gasteiger partial charge in [-0.3, -0.25) is 0 Å². The monoisotopic (exact) mass is 354 g/mol. The molecular weight excluding hydrogens is 328 g/mol. The second-order valence-electron chi connectivity index (χ2n) is 5.92. The van der Waals surface area contributed by atoms with Crippen LogP contribution in [0.2, 0.25) is 0 Å². The molecule has 1 aliphatic carbocycles. The number of benzene rings is 1. The fraction of sp³-hybridized carbons (Fsp3) is 0.667. The summed E-state index contributed by atoms with van der Waals surface area (Å²) in [6, 6.07) is 6.19. The van der Waals surface area contributed by atoms with Crippen molar-refractivity contribution < 1.29 is 9.47 Å². The first-order chi connectivity index (χ1) is 10.3. The maximum absolute atomic E-state index is 6.28. The van der Waals surface area contributed by atoms with E-state index in [1.807, 2.05) is 6.07 Å². The van der Waals surface area contributed by atoms with E-state index in [2.05, 4.69) is 41.9 Å². The molecule has 118 valence electrons. The van der Waals surface area contributed by atoms with Gasteiger partial charge in [0.2, 0.25) is 0 Å². The smallest absolute Gasteiger partial charge is 0.127 e. The molecule has 3 heteroatoms. The average Bonchev–Trinajstić information content (AvgIpc) is 2.54. The summed E-state index contributed by atoms with van der Waals surface area (Å²) in [5, 5.41) is 0.820. The normalized spacial score (nSPS) is 22.0. The summed E-state index contributed by atoms with van der Waals surface area (Å²) in [6.07, 6.45) is 7.66. The lowest BCUT2D eigenvalue weighted by molar-refractivity contribution is 0.128. The summed E-state index contributed by atoms with van der Waals surface area (Å²) in [7, 11) is 0. The average molecular weight is 355 g/mol. The Morgan fingerprint density at radius 2 is 1.90 bits per heavy atom. The van der Waals surface area contributed by atoms with E-state index in [1.165, 1.54) is 37.7 Å². The first-order valence-corrected chi connectivity index (χ1v) is 9.37. The highest BCUT2D eigenvalue weighted by molar-refractivity contribution is 9.08. The molecule has 0 heterocycles. The Morgan fingerprint density at radius 1 is 1.14 bits per heavy atom. The predicted molar refractivity (Wildman–Crippen MR) is 91.5 cm³/mol. The maximum Gasteiger partial charge on any atom is 0.127 e. The van der Waals surface area contributed by atoms with Crippen LogP contribution in [-0.2, 0) is 5.33 Å². The molecule has 1 aromatic carbocycles. The topological polar surface area (TPSA) is 18.5 Å². The number of hydrogen-bond acceptors (Lipinski definition) is 2. The van der Waals surface area contributed by atoms with Gasteiger partial charge in [-0.1, -0.05) is 42.3 Å². The van der Waals surface area contributed by atoms with Crippen molar-refractivity contribution in [1.82, 2.24) is 0 Å². The van der Waals surface area contributed by atoms with Crippen LogP contribution in [0.1, 0.15) is 57.9 Å². The van der Waals surface area contributed by atoms with Crippen molar-refractivity contribution in [2.24, 2.45) is 5.92 Å². The molecule has 1 aromatic rings. The largest absolute Gasteiger partial charge is 0.493 e. The molecule has 2 nitrogen and oxygen atoms in total. The van der Waals surface area contributed by atoms with Gasteiger partial charge < -0.3 is 9.47 Å². The molecular formula is C18H27BrO2. The van der Waals surface area contributed by atoms with Gasteiger partial charge in [-0.2, -0.15) is 0 Å². The zero-order chi connectivity index (χ0) is 15.1. The van der Waals surface area contributed by atoms with E-state index < -0.39 is 0 Å². The molecule has 0 spiro atoms. The lowest BCUT2D eigenvalue weighted by Crippen LogP contribution is -2.24. The van der Waals surface area contributed by atoms with Crippen LogP contribution in [-0.4, -0.2) is 12.7 Å². The Hall–Kier alpha value is -0.700. The SMILES string of the molecule is CCCOc1ccc(CBr)c(OC2CCC(CC)CC2)c1. The van der Waals surface area contributed by atoms with Crippen LogP contribution >= 0.6 is 15.9 Å². The van der Waals surface area contributed by atoms with Gasteiger partial charge in [0.05, 0.1) is 12.7 Å². The molecule has 1 aliphatic rings. The van der Waals surface area contributed by atoms with Gasteiger partial charge in [-0.25, -0.2) is 0 Å². The minimum atomic E-state index is 0.368. The third-order valence-electron chi connectivity index (χ3n) is 4.32. The summed E-state index contributed by atoms with van der Waals surface area (Å²) in [5.41, 5.74) is 1.21. The van der Waals surface area contributed by atoms with Crippen molar-refractivity contribution in [3.05, 3.63) is 23.8 Å². The van der Waals surface area contributed by atoms with Gasteiger partial charge in [-0.15, -0.1) is 0 Å². The molecule has 0 N–H and O–H groups in total. The molecule has 0 atom stereocenters. The van der Waals surface area contributed by atoms with Gasteiger partial charge in [-0.05, 0) is 44.1 Å². The van der Waals surface area contributed by atoms with Gasteiger partial charge in [0.25, 0.3) is 0 Å². The number of halogens is 1. The highest BCUT2D eigenvalue weighted by Gasteiger charge is 2.22. The van der Waals surface area contributed by atoms with Gasteiger partial charge in [0.15, 0.2) is 0 Å². The van der Waals surface area contributed by atoms with Crippen molar-refractivity contribution in [2.45, 2.75) is 63.8 Å². The molecule has 0 amide bonds. The molecule has 21 heavy (non-hydrogen) atoms. The molecule has 0 saturated heterocycles. The van der Waals surface area contributed by atoms with E-state index in [9.17, 15) is 0 Å². The predicted octanol–water partition coefficient (Wildman–Crippen LogP) is 5.72. The van der Waals surface area contributed by atoms with Crippen LogP contribution < -0.4 is 9.47 Å². The molecule has 2 rings (SSSR count). The quantitative estimate of drug-likeness (QED) is 0.583. The van der Waals surface area contributed by atoms with Crippen LogP contribution in [0.15, 0.2) is 18.2 Å². The molecule has 0 aromatic heterocycles. The van der Waals surface area contributed by atoms with Gasteiger partial charge in [0, 0.05) is 17.0 Å². The fourth-order valence-corrected chi connectivity index (χ4v) is 3.37. The standard InChI is InChI=1S/C18H27BrO2/c1-3-11-20-17-10-7-15(13-19)18(12-17)21-16-8-5-14(4-2)6-9-16/h7,10,12,14,16H,3-6,8-9,11,13H2,1-2H3. The zero-order valence-corrected chi connectivity index (χ0v) is 14.8. The van der Waals surface area contributed by atoms with E-state index in [0.29, 0.717) is 6.10 Å². The van der Waals surface area contributed by atoms with Crippen molar-refractivity contribution in [2.75, 3.05) is 6.61 Å². The molecule has 0 radical (unpaired) electrons. The van der Waals surface area contributed by atoms with Crippen LogP contribution in [0.4, 0.5) is 0 Å². The van der Waals surface area contributed by atoms with Crippen LogP contribution in [0.5, 0.6) is 11.5 Å². The van der Waals surface area contributed by atoms with Crippen LogP contribution in [0.3, 0.4) is 0 Å². The lowest BCUT2D eigenvalue weighted by atomic mass is 9.86. The van der Waals surface area contributed by atoms with Crippen LogP contribution in [0.25, 0.3) is 0 Å². The Morgan fingerprint density at radius 3 is 2.52 bits per heavy atom. The number of ether oxygens (including phenoxy) is 2. The minimum absolute atomic E-state index is 0.368. The highest BCUT2D eigenvalue weighted by atomic mass is 79.9. The van der Waals surface area contributed by atoms with E-state index >= 15 is 0 Å². The molecule has 0 unspecified atom stereocenters. The van der Waals surface area contributed by atoms with Gasteiger partial charge >= 0.3 is 0 Å². The first kappa shape index (κ1) is 16.7. The van der Waals surface area contributed by atoms with Crippen molar-refractivity contribution in [3.8, 4) is 11.5 Å². The molecule has 1 saturated carbocycles. The summed E-state index contributed by atoms with van der Waals surface area (Å²) in [5.74, 6) is 2.80. The Bertz CT molecular complexity index is 425. The summed E-state index contributed by atoms with van der Waals surface area (Å²) in [6.45, 7) is 5.18. The summed E-state index contributed by atoms with van der Waals surface area (Å²) in [4.78, 5) is 0. The minimum Gasteiger partial charge on any atom is -0.493 e. The second kappa shape index (κ2) is 8.67. The van der Waals surface area contributed by atoms with Crippen molar-refractivity contribution in [1.29, 1.82) is 0 Å². The number of alkyl halides is 1. The summed E-state index contributed by atoms with van der Waals surface area (Å²) >= 11 is 3.55. The summed E-state index contributed by atoms with van der Waals surface area (Å²) < 4.78 is 12.0. The maximum atomic E-state index is 6.28. The van der Waals surface area contributed by atoms with Crippen molar-refractivity contribution in [3.63, 3.8) is 0 Å². The zero-order valence-electron chi connectivity index (χ0n) is 13.2. The van der Waals surface area contributed by atoms with E-state index in [4.69, 9.17) is 9.47 Å². The van der Waals surface area contributed by atoms with E-state index in [-0.39, 0.29) is 0 Å². The third kappa shape index (κ3) is 4.91. The second-order valence-corrected chi connectivity index (χ2v) is 6.48. The number of hydrogen-bond donors (Lipinski definition) is 0. The number of rotatable bonds is 7. The van der Waals surface area contributed by atoms with Gasteiger partial charge in [0.1, 0.15) is 11.5 Å². The Balaban J connectivity index is 2.00. The first-order valence-electron chi connectivity index (χ1n) is 8.25. The Labute approximate surface area is 137 Å². The molecule has 0 bridgehead atoms. The molecule has 0 aliphatic heterocycles.